The van der Waals surface area contributed by atoms with Crippen LogP contribution >= 0.6 is 0 Å². The first-order chi connectivity index (χ1) is 12.6. The molecular formula is C20H25N3O2S. The van der Waals surface area contributed by atoms with Gasteiger partial charge in [-0.15, -0.1) is 0 Å². The minimum Gasteiger partial charge on any atom is -0.356 e. The summed E-state index contributed by atoms with van der Waals surface area (Å²) in [5, 5.41) is 0. The number of fused-ring (bicyclic) bond motifs is 1. The first-order valence-electron chi connectivity index (χ1n) is 9.31. The van der Waals surface area contributed by atoms with Gasteiger partial charge >= 0.3 is 0 Å². The smallest absolute Gasteiger partial charge is 0.244 e. The zero-order valence-electron chi connectivity index (χ0n) is 15.1. The molecule has 5 nitrogen and oxygen atoms in total. The maximum atomic E-state index is 12.6. The first-order valence-corrected chi connectivity index (χ1v) is 10.8. The van der Waals surface area contributed by atoms with Gasteiger partial charge in [0, 0.05) is 32.4 Å². The van der Waals surface area contributed by atoms with Gasteiger partial charge in [-0.1, -0.05) is 24.3 Å². The van der Waals surface area contributed by atoms with Gasteiger partial charge in [-0.05, 0) is 55.4 Å². The van der Waals surface area contributed by atoms with E-state index in [1.54, 1.807) is 10.4 Å². The highest BCUT2D eigenvalue weighted by Gasteiger charge is 2.28. The fourth-order valence-electron chi connectivity index (χ4n) is 4.01. The van der Waals surface area contributed by atoms with Crippen LogP contribution in [-0.2, 0) is 22.9 Å². The van der Waals surface area contributed by atoms with Crippen LogP contribution in [-0.4, -0.2) is 43.9 Å². The Kier molecular flexibility index (Phi) is 4.71. The normalized spacial score (nSPS) is 20.7. The van der Waals surface area contributed by atoms with E-state index >= 15 is 0 Å². The molecule has 1 fully saturated rings. The number of rotatable bonds is 4. The Morgan fingerprint density at radius 2 is 1.81 bits per heavy atom. The summed E-state index contributed by atoms with van der Waals surface area (Å²) >= 11 is 0. The topological polar surface area (TPSA) is 53.5 Å². The Bertz CT molecular complexity index is 874. The molecule has 138 valence electrons. The summed E-state index contributed by atoms with van der Waals surface area (Å²) in [4.78, 5) is 6.95. The average molecular weight is 372 g/mol. The first kappa shape index (κ1) is 17.5. The number of nitrogens with zero attached hydrogens (tertiary/aromatic N) is 3. The minimum absolute atomic E-state index is 0.297. The molecule has 0 amide bonds. The Labute approximate surface area is 155 Å². The number of sulfonamides is 1. The maximum Gasteiger partial charge on any atom is 0.244 e. The summed E-state index contributed by atoms with van der Waals surface area (Å²) in [5.41, 5.74) is 2.85. The van der Waals surface area contributed by atoms with Crippen LogP contribution < -0.4 is 4.90 Å². The number of likely N-dealkylation sites (N-methyl/N-ethyl adjacent to an activating group) is 1. The van der Waals surface area contributed by atoms with Gasteiger partial charge in [0.25, 0.3) is 0 Å². The highest BCUT2D eigenvalue weighted by molar-refractivity contribution is 7.89. The molecule has 0 spiro atoms. The highest BCUT2D eigenvalue weighted by atomic mass is 32.2. The third-order valence-electron chi connectivity index (χ3n) is 5.65. The summed E-state index contributed by atoms with van der Waals surface area (Å²) < 4.78 is 26.8. The molecule has 2 heterocycles. The minimum atomic E-state index is -3.39. The van der Waals surface area contributed by atoms with Crippen LogP contribution in [0, 0.1) is 0 Å². The molecular weight excluding hydrogens is 346 g/mol. The van der Waals surface area contributed by atoms with E-state index in [-0.39, 0.29) is 0 Å². The zero-order chi connectivity index (χ0) is 18.1. The van der Waals surface area contributed by atoms with Gasteiger partial charge in [-0.3, -0.25) is 0 Å². The van der Waals surface area contributed by atoms with E-state index in [0.29, 0.717) is 24.0 Å². The van der Waals surface area contributed by atoms with Crippen molar-refractivity contribution in [1.82, 2.24) is 9.29 Å². The van der Waals surface area contributed by atoms with Gasteiger partial charge in [0.05, 0.1) is 0 Å². The summed E-state index contributed by atoms with van der Waals surface area (Å²) in [6, 6.07) is 12.5. The van der Waals surface area contributed by atoms with Crippen molar-refractivity contribution in [1.29, 1.82) is 0 Å². The van der Waals surface area contributed by atoms with Crippen LogP contribution in [0.1, 0.15) is 30.4 Å². The molecule has 2 aliphatic rings. The molecule has 0 saturated carbocycles. The van der Waals surface area contributed by atoms with Crippen molar-refractivity contribution in [3.05, 3.63) is 53.7 Å². The van der Waals surface area contributed by atoms with E-state index in [1.165, 1.54) is 17.3 Å². The predicted octanol–water partition coefficient (Wildman–Crippen LogP) is 2.86. The molecule has 1 aromatic carbocycles. The van der Waals surface area contributed by atoms with Crippen LogP contribution in [0.15, 0.2) is 47.5 Å². The summed E-state index contributed by atoms with van der Waals surface area (Å²) in [5.74, 6) is 0.828. The monoisotopic (exact) mass is 371 g/mol. The lowest BCUT2D eigenvalue weighted by Crippen LogP contribution is -2.37. The van der Waals surface area contributed by atoms with E-state index in [1.807, 2.05) is 6.07 Å². The van der Waals surface area contributed by atoms with E-state index in [4.69, 9.17) is 0 Å². The fourth-order valence-corrected chi connectivity index (χ4v) is 5.47. The number of aromatic nitrogens is 1. The lowest BCUT2D eigenvalue weighted by atomic mass is 9.88. The second kappa shape index (κ2) is 7.00. The van der Waals surface area contributed by atoms with Crippen LogP contribution in [0.3, 0.4) is 0 Å². The Balaban J connectivity index is 1.50. The Morgan fingerprint density at radius 3 is 2.50 bits per heavy atom. The number of anilines is 1. The number of aryl methyl sites for hydroxylation is 1. The number of hydrogen-bond acceptors (Lipinski definition) is 4. The van der Waals surface area contributed by atoms with Crippen LogP contribution in [0.25, 0.3) is 0 Å². The van der Waals surface area contributed by atoms with Crippen LogP contribution in [0.5, 0.6) is 0 Å². The second-order valence-corrected chi connectivity index (χ2v) is 9.18. The van der Waals surface area contributed by atoms with Gasteiger partial charge in [0.2, 0.25) is 10.0 Å². The number of hydrogen-bond donors (Lipinski definition) is 0. The molecule has 1 aliphatic carbocycles. The standard InChI is InChI=1S/C20H25N3O2S/c1-22(18-9-8-16-6-2-3-7-17(16)14-18)20-11-10-19(15-21-20)26(24,25)23-12-4-5-13-23/h2-3,6-7,10-11,15,18H,4-5,8-9,12-14H2,1H3. The van der Waals surface area contributed by atoms with Crippen molar-refractivity contribution < 1.29 is 8.42 Å². The summed E-state index contributed by atoms with van der Waals surface area (Å²) in [6.45, 7) is 1.23. The average Bonchev–Trinajstić information content (AvgIpc) is 3.23. The lowest BCUT2D eigenvalue weighted by Gasteiger charge is -2.33. The SMILES string of the molecule is CN(c1ccc(S(=O)(=O)N2CCCC2)cn1)C1CCc2ccccc2C1. The number of pyridine rings is 1. The Morgan fingerprint density at radius 1 is 1.08 bits per heavy atom. The van der Waals surface area contributed by atoms with Gasteiger partial charge in [-0.25, -0.2) is 13.4 Å². The highest BCUT2D eigenvalue weighted by Crippen LogP contribution is 2.27. The molecule has 26 heavy (non-hydrogen) atoms. The van der Waals surface area contributed by atoms with E-state index in [2.05, 4.69) is 41.2 Å². The number of benzene rings is 1. The molecule has 1 atom stereocenters. The molecule has 0 radical (unpaired) electrons. The maximum absolute atomic E-state index is 12.6. The molecule has 1 aromatic heterocycles. The lowest BCUT2D eigenvalue weighted by molar-refractivity contribution is 0.477. The van der Waals surface area contributed by atoms with Crippen molar-refractivity contribution in [2.24, 2.45) is 0 Å². The molecule has 1 aliphatic heterocycles. The summed E-state index contributed by atoms with van der Waals surface area (Å²) in [6.07, 6.45) is 6.56. The van der Waals surface area contributed by atoms with Crippen LogP contribution in [0.2, 0.25) is 0 Å². The Hall–Kier alpha value is -1.92. The third-order valence-corrected chi connectivity index (χ3v) is 7.54. The molecule has 0 bridgehead atoms. The van der Waals surface area contributed by atoms with Crippen molar-refractivity contribution >= 4 is 15.8 Å². The molecule has 2 aromatic rings. The van der Waals surface area contributed by atoms with Gasteiger partial charge in [0.1, 0.15) is 10.7 Å². The molecule has 4 rings (SSSR count). The van der Waals surface area contributed by atoms with Crippen molar-refractivity contribution in [2.75, 3.05) is 25.0 Å². The van der Waals surface area contributed by atoms with Gasteiger partial charge < -0.3 is 4.90 Å². The molecule has 1 saturated heterocycles. The molecule has 6 heteroatoms. The quantitative estimate of drug-likeness (QED) is 0.829. The zero-order valence-corrected chi connectivity index (χ0v) is 16.0. The van der Waals surface area contributed by atoms with Gasteiger partial charge in [-0.2, -0.15) is 4.31 Å². The molecule has 1 unspecified atom stereocenters. The second-order valence-electron chi connectivity index (χ2n) is 7.24. The van der Waals surface area contributed by atoms with Crippen LogP contribution in [0.4, 0.5) is 5.82 Å². The van der Waals surface area contributed by atoms with E-state index in [9.17, 15) is 8.42 Å². The third kappa shape index (κ3) is 3.23. The van der Waals surface area contributed by atoms with Crippen molar-refractivity contribution in [3.63, 3.8) is 0 Å². The van der Waals surface area contributed by atoms with E-state index in [0.717, 1.165) is 37.9 Å². The van der Waals surface area contributed by atoms with Crippen molar-refractivity contribution in [3.8, 4) is 0 Å². The predicted molar refractivity (Wildman–Crippen MR) is 103 cm³/mol. The molecule has 0 N–H and O–H groups in total. The van der Waals surface area contributed by atoms with E-state index < -0.39 is 10.0 Å². The summed E-state index contributed by atoms with van der Waals surface area (Å²) in [7, 11) is -1.34. The van der Waals surface area contributed by atoms with Gasteiger partial charge in [0.15, 0.2) is 0 Å². The fraction of sp³-hybridized carbons (Fsp3) is 0.450. The van der Waals surface area contributed by atoms with Crippen molar-refractivity contribution in [2.45, 2.75) is 43.0 Å². The largest absolute Gasteiger partial charge is 0.356 e.